The fourth-order valence-electron chi connectivity index (χ4n) is 2.72. The molecule has 2 aromatic rings. The standard InChI is InChI=1S/C16H19N5O2/c17-15(22)12-5-1-2-6-13(12)19-16(23)14-7-9-21(20-14)11-4-3-8-18-10-11/h1-2,5-7,9,11,18H,3-4,8,10H2,(H2,17,22)(H,19,23). The summed E-state index contributed by atoms with van der Waals surface area (Å²) in [7, 11) is 0. The third-order valence-corrected chi connectivity index (χ3v) is 3.93. The van der Waals surface area contributed by atoms with E-state index in [1.165, 1.54) is 0 Å². The van der Waals surface area contributed by atoms with Gasteiger partial charge in [-0.2, -0.15) is 5.10 Å². The van der Waals surface area contributed by atoms with Gasteiger partial charge in [0.2, 0.25) is 0 Å². The van der Waals surface area contributed by atoms with Gasteiger partial charge in [0.15, 0.2) is 5.69 Å². The Kier molecular flexibility index (Phi) is 4.38. The number of primary amides is 1. The molecule has 7 heteroatoms. The number of nitrogens with one attached hydrogen (secondary N) is 2. The summed E-state index contributed by atoms with van der Waals surface area (Å²) in [5, 5.41) is 10.4. The van der Waals surface area contributed by atoms with E-state index in [2.05, 4.69) is 15.7 Å². The van der Waals surface area contributed by atoms with Crippen LogP contribution in [0.1, 0.15) is 39.7 Å². The fraction of sp³-hybridized carbons (Fsp3) is 0.312. The van der Waals surface area contributed by atoms with Crippen LogP contribution in [-0.4, -0.2) is 34.7 Å². The highest BCUT2D eigenvalue weighted by Crippen LogP contribution is 2.18. The molecule has 1 atom stereocenters. The minimum Gasteiger partial charge on any atom is -0.366 e. The Morgan fingerprint density at radius 1 is 1.30 bits per heavy atom. The van der Waals surface area contributed by atoms with Gasteiger partial charge in [-0.3, -0.25) is 14.3 Å². The number of amides is 2. The number of benzene rings is 1. The summed E-state index contributed by atoms with van der Waals surface area (Å²) in [6.07, 6.45) is 3.95. The molecule has 1 aliphatic heterocycles. The van der Waals surface area contributed by atoms with E-state index in [1.807, 2.05) is 10.9 Å². The number of hydrogen-bond donors (Lipinski definition) is 3. The van der Waals surface area contributed by atoms with Crippen LogP contribution in [-0.2, 0) is 0 Å². The first-order chi connectivity index (χ1) is 11.1. The van der Waals surface area contributed by atoms with Gasteiger partial charge in [-0.25, -0.2) is 0 Å². The second-order valence-corrected chi connectivity index (χ2v) is 5.55. The number of para-hydroxylation sites is 1. The largest absolute Gasteiger partial charge is 0.366 e. The highest BCUT2D eigenvalue weighted by atomic mass is 16.2. The summed E-state index contributed by atoms with van der Waals surface area (Å²) in [6, 6.07) is 8.58. The summed E-state index contributed by atoms with van der Waals surface area (Å²) in [5.74, 6) is -0.944. The molecular formula is C16H19N5O2. The van der Waals surface area contributed by atoms with E-state index in [4.69, 9.17) is 5.73 Å². The zero-order valence-electron chi connectivity index (χ0n) is 12.7. The number of carbonyl (C=O) groups is 2. The number of nitrogens with zero attached hydrogens (tertiary/aromatic N) is 2. The van der Waals surface area contributed by atoms with E-state index in [-0.39, 0.29) is 17.5 Å². The monoisotopic (exact) mass is 313 g/mol. The van der Waals surface area contributed by atoms with Crippen LogP contribution in [0, 0.1) is 0 Å². The van der Waals surface area contributed by atoms with Crippen molar-refractivity contribution in [1.29, 1.82) is 0 Å². The molecule has 0 saturated carbocycles. The topological polar surface area (TPSA) is 102 Å². The van der Waals surface area contributed by atoms with E-state index >= 15 is 0 Å². The van der Waals surface area contributed by atoms with Crippen LogP contribution in [0.2, 0.25) is 0 Å². The van der Waals surface area contributed by atoms with Gasteiger partial charge in [-0.05, 0) is 37.6 Å². The maximum atomic E-state index is 12.3. The zero-order chi connectivity index (χ0) is 16.2. The third kappa shape index (κ3) is 3.40. The lowest BCUT2D eigenvalue weighted by Gasteiger charge is -2.22. The quantitative estimate of drug-likeness (QED) is 0.788. The van der Waals surface area contributed by atoms with Crippen molar-refractivity contribution >= 4 is 17.5 Å². The van der Waals surface area contributed by atoms with Crippen LogP contribution >= 0.6 is 0 Å². The predicted molar refractivity (Wildman–Crippen MR) is 86.3 cm³/mol. The number of hydrogen-bond acceptors (Lipinski definition) is 4. The molecule has 1 unspecified atom stereocenters. The molecule has 2 heterocycles. The number of nitrogens with two attached hydrogens (primary N) is 1. The number of carbonyl (C=O) groups excluding carboxylic acids is 2. The lowest BCUT2D eigenvalue weighted by Crippen LogP contribution is -2.32. The Labute approximate surface area is 133 Å². The number of aromatic nitrogens is 2. The molecule has 0 radical (unpaired) electrons. The van der Waals surface area contributed by atoms with Crippen LogP contribution in [0.4, 0.5) is 5.69 Å². The van der Waals surface area contributed by atoms with Crippen molar-refractivity contribution < 1.29 is 9.59 Å². The minimum absolute atomic E-state index is 0.267. The molecule has 3 rings (SSSR count). The van der Waals surface area contributed by atoms with Crippen molar-refractivity contribution in [3.63, 3.8) is 0 Å². The van der Waals surface area contributed by atoms with Gasteiger partial charge < -0.3 is 16.4 Å². The molecule has 1 aliphatic rings. The molecule has 2 amide bonds. The Morgan fingerprint density at radius 3 is 2.87 bits per heavy atom. The molecule has 0 spiro atoms. The maximum Gasteiger partial charge on any atom is 0.276 e. The zero-order valence-corrected chi connectivity index (χ0v) is 12.7. The van der Waals surface area contributed by atoms with E-state index in [0.717, 1.165) is 25.9 Å². The normalized spacial score (nSPS) is 17.7. The molecule has 0 aliphatic carbocycles. The highest BCUT2D eigenvalue weighted by Gasteiger charge is 2.18. The number of anilines is 1. The van der Waals surface area contributed by atoms with Crippen molar-refractivity contribution in [2.75, 3.05) is 18.4 Å². The fourth-order valence-corrected chi connectivity index (χ4v) is 2.72. The second-order valence-electron chi connectivity index (χ2n) is 5.55. The molecule has 4 N–H and O–H groups in total. The first kappa shape index (κ1) is 15.2. The summed E-state index contributed by atoms with van der Waals surface area (Å²) < 4.78 is 1.82. The molecule has 1 aromatic heterocycles. The molecule has 120 valence electrons. The van der Waals surface area contributed by atoms with Gasteiger partial charge in [0, 0.05) is 12.7 Å². The van der Waals surface area contributed by atoms with E-state index < -0.39 is 5.91 Å². The number of rotatable bonds is 4. The van der Waals surface area contributed by atoms with Gasteiger partial charge >= 0.3 is 0 Å². The van der Waals surface area contributed by atoms with Crippen LogP contribution in [0.5, 0.6) is 0 Å². The van der Waals surface area contributed by atoms with Crippen LogP contribution in [0.3, 0.4) is 0 Å². The Morgan fingerprint density at radius 2 is 2.13 bits per heavy atom. The van der Waals surface area contributed by atoms with Crippen molar-refractivity contribution in [2.24, 2.45) is 5.73 Å². The van der Waals surface area contributed by atoms with E-state index in [1.54, 1.807) is 30.3 Å². The summed E-state index contributed by atoms with van der Waals surface area (Å²) in [5.41, 5.74) is 6.29. The SMILES string of the molecule is NC(=O)c1ccccc1NC(=O)c1ccn(C2CCCNC2)n1. The molecule has 1 saturated heterocycles. The lowest BCUT2D eigenvalue weighted by atomic mass is 10.1. The van der Waals surface area contributed by atoms with Gasteiger partial charge in [0.05, 0.1) is 17.3 Å². The average molecular weight is 313 g/mol. The Balaban J connectivity index is 1.74. The number of piperidine rings is 1. The van der Waals surface area contributed by atoms with Gasteiger partial charge in [0.1, 0.15) is 0 Å². The lowest BCUT2D eigenvalue weighted by molar-refractivity contribution is 0.100. The minimum atomic E-state index is -0.584. The van der Waals surface area contributed by atoms with Crippen molar-refractivity contribution in [3.05, 3.63) is 47.8 Å². The predicted octanol–water partition coefficient (Wildman–Crippen LogP) is 1.16. The summed E-state index contributed by atoms with van der Waals surface area (Å²) >= 11 is 0. The molecule has 7 nitrogen and oxygen atoms in total. The Hall–Kier alpha value is -2.67. The van der Waals surface area contributed by atoms with E-state index in [0.29, 0.717) is 11.4 Å². The van der Waals surface area contributed by atoms with Gasteiger partial charge in [-0.1, -0.05) is 12.1 Å². The van der Waals surface area contributed by atoms with Gasteiger partial charge in [0.25, 0.3) is 11.8 Å². The van der Waals surface area contributed by atoms with Gasteiger partial charge in [-0.15, -0.1) is 0 Å². The van der Waals surface area contributed by atoms with Crippen LogP contribution in [0.15, 0.2) is 36.5 Å². The maximum absolute atomic E-state index is 12.3. The molecule has 0 bridgehead atoms. The highest BCUT2D eigenvalue weighted by molar-refractivity contribution is 6.07. The molecule has 23 heavy (non-hydrogen) atoms. The smallest absolute Gasteiger partial charge is 0.276 e. The second kappa shape index (κ2) is 6.62. The van der Waals surface area contributed by atoms with Crippen LogP contribution in [0.25, 0.3) is 0 Å². The van der Waals surface area contributed by atoms with Crippen molar-refractivity contribution in [3.8, 4) is 0 Å². The average Bonchev–Trinajstić information content (AvgIpc) is 3.06. The first-order valence-corrected chi connectivity index (χ1v) is 7.61. The van der Waals surface area contributed by atoms with E-state index in [9.17, 15) is 9.59 Å². The Bertz CT molecular complexity index is 719. The summed E-state index contributed by atoms with van der Waals surface area (Å²) in [4.78, 5) is 23.7. The first-order valence-electron chi connectivity index (χ1n) is 7.61. The third-order valence-electron chi connectivity index (χ3n) is 3.93. The molecule has 1 aromatic carbocycles. The van der Waals surface area contributed by atoms with Crippen LogP contribution < -0.4 is 16.4 Å². The molecule has 1 fully saturated rings. The van der Waals surface area contributed by atoms with Crippen molar-refractivity contribution in [2.45, 2.75) is 18.9 Å². The molecular weight excluding hydrogens is 294 g/mol. The summed E-state index contributed by atoms with van der Waals surface area (Å²) in [6.45, 7) is 1.88. The van der Waals surface area contributed by atoms with Crippen molar-refractivity contribution in [1.82, 2.24) is 15.1 Å².